The van der Waals surface area contributed by atoms with E-state index in [-0.39, 0.29) is 16.8 Å². The summed E-state index contributed by atoms with van der Waals surface area (Å²) in [6.45, 7) is 4.59. The number of hydrogen-bond acceptors (Lipinski definition) is 5. The number of nitrogens with one attached hydrogen (secondary N) is 3. The van der Waals surface area contributed by atoms with Gasteiger partial charge in [0.2, 0.25) is 5.91 Å². The summed E-state index contributed by atoms with van der Waals surface area (Å²) in [4.78, 5) is 16.7. The minimum atomic E-state index is -3.47. The molecular weight excluding hydrogens is 364 g/mol. The average molecular weight is 393 g/mol. The zero-order valence-corrected chi connectivity index (χ0v) is 16.5. The first kappa shape index (κ1) is 19.8. The molecule has 0 saturated carbocycles. The first-order valence-corrected chi connectivity index (χ1v) is 11.1. The number of carbonyl (C=O) groups excluding carboxylic acids is 1. The summed E-state index contributed by atoms with van der Waals surface area (Å²) in [5.41, 5.74) is 0.632. The molecule has 7 nitrogen and oxygen atoms in total. The van der Waals surface area contributed by atoms with Crippen LogP contribution < -0.4 is 15.4 Å². The third-order valence-electron chi connectivity index (χ3n) is 5.17. The Morgan fingerprint density at radius 3 is 2.89 bits per heavy atom. The second kappa shape index (κ2) is 8.84. The lowest BCUT2D eigenvalue weighted by Crippen LogP contribution is -2.50. The zero-order valence-electron chi connectivity index (χ0n) is 15.7. The summed E-state index contributed by atoms with van der Waals surface area (Å²) < 4.78 is 26.5. The van der Waals surface area contributed by atoms with Crippen LogP contribution in [0.4, 0.5) is 0 Å². The van der Waals surface area contributed by atoms with Gasteiger partial charge in [-0.2, -0.15) is 0 Å². The summed E-state index contributed by atoms with van der Waals surface area (Å²) in [5.74, 6) is 1.05. The molecule has 148 valence electrons. The number of amides is 1. The lowest BCUT2D eigenvalue weighted by atomic mass is 9.94. The van der Waals surface area contributed by atoms with Gasteiger partial charge in [-0.3, -0.25) is 14.5 Å². The maximum absolute atomic E-state index is 12.1. The van der Waals surface area contributed by atoms with E-state index >= 15 is 0 Å². The predicted octanol–water partition coefficient (Wildman–Crippen LogP) is 1.40. The Morgan fingerprint density at radius 2 is 2.07 bits per heavy atom. The molecule has 3 N–H and O–H groups in total. The number of fused-ring (bicyclic) bond motifs is 1. The molecule has 27 heavy (non-hydrogen) atoms. The van der Waals surface area contributed by atoms with Gasteiger partial charge in [0.15, 0.2) is 0 Å². The molecule has 3 rings (SSSR count). The van der Waals surface area contributed by atoms with Crippen molar-refractivity contribution in [1.29, 1.82) is 0 Å². The summed E-state index contributed by atoms with van der Waals surface area (Å²) in [6.07, 6.45) is 4.14. The zero-order chi connectivity index (χ0) is 19.3. The van der Waals surface area contributed by atoms with E-state index in [0.717, 1.165) is 38.8 Å². The number of hydrogen-bond donors (Lipinski definition) is 3. The Morgan fingerprint density at radius 1 is 1.26 bits per heavy atom. The van der Waals surface area contributed by atoms with Gasteiger partial charge in [0.25, 0.3) is 10.0 Å². The minimum absolute atomic E-state index is 0.111. The Kier molecular flexibility index (Phi) is 6.49. The summed E-state index contributed by atoms with van der Waals surface area (Å²) in [6, 6.07) is 7.08. The van der Waals surface area contributed by atoms with Crippen molar-refractivity contribution in [1.82, 2.24) is 15.4 Å². The topological polar surface area (TPSA) is 99.7 Å². The summed E-state index contributed by atoms with van der Waals surface area (Å²) in [5, 5.41) is 6.43. The molecule has 1 fully saturated rings. The third-order valence-corrected chi connectivity index (χ3v) is 6.57. The summed E-state index contributed by atoms with van der Waals surface area (Å²) in [7, 11) is -3.47. The third kappa shape index (κ3) is 5.07. The van der Waals surface area contributed by atoms with Gasteiger partial charge in [-0.15, -0.1) is 0 Å². The number of rotatable bonds is 7. The molecule has 0 spiro atoms. The van der Waals surface area contributed by atoms with Crippen molar-refractivity contribution in [3.63, 3.8) is 0 Å². The van der Waals surface area contributed by atoms with Crippen LogP contribution in [0, 0.1) is 5.92 Å². The number of piperidine rings is 1. The van der Waals surface area contributed by atoms with Gasteiger partial charge >= 0.3 is 0 Å². The van der Waals surface area contributed by atoms with Gasteiger partial charge in [-0.25, -0.2) is 8.42 Å². The normalized spacial score (nSPS) is 25.0. The molecule has 2 unspecified atom stereocenters. The van der Waals surface area contributed by atoms with Crippen LogP contribution in [0.15, 0.2) is 34.2 Å². The van der Waals surface area contributed by atoms with E-state index in [1.54, 1.807) is 24.3 Å². The van der Waals surface area contributed by atoms with Gasteiger partial charge in [0.1, 0.15) is 5.84 Å². The lowest BCUT2D eigenvalue weighted by Gasteiger charge is -2.30. The fraction of sp³-hybridized carbons (Fsp3) is 0.579. The highest BCUT2D eigenvalue weighted by Gasteiger charge is 2.29. The maximum atomic E-state index is 12.1. The van der Waals surface area contributed by atoms with E-state index in [9.17, 15) is 13.2 Å². The van der Waals surface area contributed by atoms with E-state index in [2.05, 4.69) is 27.3 Å². The predicted molar refractivity (Wildman–Crippen MR) is 105 cm³/mol. The van der Waals surface area contributed by atoms with Crippen LogP contribution in [-0.2, 0) is 14.8 Å². The van der Waals surface area contributed by atoms with E-state index in [1.165, 1.54) is 0 Å². The molecule has 1 amide bonds. The molecule has 1 saturated heterocycles. The number of carbonyl (C=O) groups is 1. The molecule has 8 heteroatoms. The quantitative estimate of drug-likeness (QED) is 0.611. The van der Waals surface area contributed by atoms with E-state index in [0.29, 0.717) is 30.3 Å². The SMILES string of the molecule is CC1CCNCC1NC(=O)CCCCCN=C1NS(=O)(=O)c2ccccc21. The molecule has 2 atom stereocenters. The molecule has 1 aromatic carbocycles. The first-order valence-electron chi connectivity index (χ1n) is 9.64. The molecule has 0 aromatic heterocycles. The van der Waals surface area contributed by atoms with Crippen LogP contribution in [0.3, 0.4) is 0 Å². The molecule has 2 aliphatic heterocycles. The standard InChI is InChI=1S/C19H28N4O3S/c1-14-10-12-20-13-16(14)22-18(24)9-3-2-6-11-21-19-15-7-4-5-8-17(15)27(25,26)23-19/h4-5,7-8,14,16,20H,2-3,6,9-13H2,1H3,(H,21,23)(H,22,24). The second-order valence-electron chi connectivity index (χ2n) is 7.29. The number of aliphatic imine (C=N–C) groups is 1. The highest BCUT2D eigenvalue weighted by Crippen LogP contribution is 2.22. The van der Waals surface area contributed by atoms with E-state index in [1.807, 2.05) is 0 Å². The van der Waals surface area contributed by atoms with Crippen LogP contribution in [0.2, 0.25) is 0 Å². The highest BCUT2D eigenvalue weighted by atomic mass is 32.2. The first-order chi connectivity index (χ1) is 13.0. The largest absolute Gasteiger partial charge is 0.352 e. The van der Waals surface area contributed by atoms with E-state index < -0.39 is 10.0 Å². The Balaban J connectivity index is 1.37. The van der Waals surface area contributed by atoms with Crippen molar-refractivity contribution >= 4 is 21.8 Å². The van der Waals surface area contributed by atoms with Crippen molar-refractivity contribution in [2.24, 2.45) is 10.9 Å². The Bertz CT molecular complexity index is 807. The average Bonchev–Trinajstić information content (AvgIpc) is 2.91. The van der Waals surface area contributed by atoms with Crippen molar-refractivity contribution in [2.75, 3.05) is 19.6 Å². The maximum Gasteiger partial charge on any atom is 0.263 e. The molecule has 2 aliphatic rings. The smallest absolute Gasteiger partial charge is 0.263 e. The Labute approximate surface area is 161 Å². The van der Waals surface area contributed by atoms with Gasteiger partial charge in [-0.1, -0.05) is 25.5 Å². The van der Waals surface area contributed by atoms with Crippen LogP contribution in [0.5, 0.6) is 0 Å². The van der Waals surface area contributed by atoms with Gasteiger partial charge < -0.3 is 10.6 Å². The summed E-state index contributed by atoms with van der Waals surface area (Å²) >= 11 is 0. The van der Waals surface area contributed by atoms with E-state index in [4.69, 9.17) is 0 Å². The molecule has 2 heterocycles. The number of benzene rings is 1. The fourth-order valence-corrected chi connectivity index (χ4v) is 4.73. The molecule has 0 radical (unpaired) electrons. The number of unbranched alkanes of at least 4 members (excludes halogenated alkanes) is 2. The Hall–Kier alpha value is -1.93. The van der Waals surface area contributed by atoms with Crippen molar-refractivity contribution in [3.8, 4) is 0 Å². The monoisotopic (exact) mass is 392 g/mol. The minimum Gasteiger partial charge on any atom is -0.352 e. The van der Waals surface area contributed by atoms with Gasteiger partial charge in [0, 0.05) is 31.1 Å². The number of sulfonamides is 1. The van der Waals surface area contributed by atoms with Crippen molar-refractivity contribution in [2.45, 2.75) is 50.0 Å². The van der Waals surface area contributed by atoms with Gasteiger partial charge in [-0.05, 0) is 43.9 Å². The van der Waals surface area contributed by atoms with Crippen LogP contribution in [0.25, 0.3) is 0 Å². The number of amidine groups is 1. The number of nitrogens with zero attached hydrogens (tertiary/aromatic N) is 1. The highest BCUT2D eigenvalue weighted by molar-refractivity contribution is 7.90. The second-order valence-corrected chi connectivity index (χ2v) is 8.94. The fourth-order valence-electron chi connectivity index (χ4n) is 3.48. The molecule has 0 aliphatic carbocycles. The molecule has 0 bridgehead atoms. The molecular formula is C19H28N4O3S. The van der Waals surface area contributed by atoms with Crippen LogP contribution in [-0.4, -0.2) is 45.8 Å². The van der Waals surface area contributed by atoms with Crippen molar-refractivity contribution in [3.05, 3.63) is 29.8 Å². The molecule has 1 aromatic rings. The van der Waals surface area contributed by atoms with Crippen molar-refractivity contribution < 1.29 is 13.2 Å². The van der Waals surface area contributed by atoms with Gasteiger partial charge in [0.05, 0.1) is 4.90 Å². The lowest BCUT2D eigenvalue weighted by molar-refractivity contribution is -0.122. The van der Waals surface area contributed by atoms with Crippen LogP contribution in [0.1, 0.15) is 44.6 Å². The van der Waals surface area contributed by atoms with Crippen LogP contribution >= 0.6 is 0 Å².